The summed E-state index contributed by atoms with van der Waals surface area (Å²) in [6.45, 7) is 13.5. The molecule has 0 aromatic carbocycles. The van der Waals surface area contributed by atoms with E-state index >= 15 is 0 Å². The van der Waals surface area contributed by atoms with Gasteiger partial charge in [-0.2, -0.15) is 0 Å². The van der Waals surface area contributed by atoms with Crippen molar-refractivity contribution in [1.29, 1.82) is 0 Å². The van der Waals surface area contributed by atoms with Crippen LogP contribution in [0.15, 0.2) is 0 Å². The molecule has 0 saturated carbocycles. The third-order valence-electron chi connectivity index (χ3n) is 6.37. The lowest BCUT2D eigenvalue weighted by molar-refractivity contribution is 0.188. The topological polar surface area (TPSA) is 21.8 Å². The van der Waals surface area contributed by atoms with Crippen LogP contribution in [0.4, 0.5) is 0 Å². The maximum absolute atomic E-state index is 3.61. The van der Waals surface area contributed by atoms with Gasteiger partial charge in [-0.25, -0.2) is 0 Å². The lowest BCUT2D eigenvalue weighted by atomic mass is 10.1. The van der Waals surface area contributed by atoms with E-state index in [4.69, 9.17) is 0 Å². The molecule has 4 nitrogen and oxygen atoms in total. The van der Waals surface area contributed by atoms with E-state index in [0.717, 1.165) is 19.1 Å². The van der Waals surface area contributed by atoms with Crippen molar-refractivity contribution in [2.75, 3.05) is 66.0 Å². The number of likely N-dealkylation sites (N-methyl/N-ethyl adjacent to an activating group) is 1. The van der Waals surface area contributed by atoms with Gasteiger partial charge in [0.2, 0.25) is 0 Å². The predicted molar refractivity (Wildman–Crippen MR) is 114 cm³/mol. The minimum absolute atomic E-state index is 0.858. The van der Waals surface area contributed by atoms with Crippen LogP contribution < -0.4 is 5.32 Å². The number of nitrogens with zero attached hydrogens (tertiary/aromatic N) is 3. The minimum Gasteiger partial charge on any atom is -0.314 e. The normalized spacial score (nSPS) is 24.9. The highest BCUT2D eigenvalue weighted by Gasteiger charge is 2.24. The summed E-state index contributed by atoms with van der Waals surface area (Å²) in [5.41, 5.74) is 0. The van der Waals surface area contributed by atoms with Crippen molar-refractivity contribution >= 4 is 0 Å². The molecule has 0 aliphatic carbocycles. The van der Waals surface area contributed by atoms with Crippen molar-refractivity contribution in [3.8, 4) is 0 Å². The fraction of sp³-hybridized carbons (Fsp3) is 1.00. The number of unbranched alkanes of at least 4 members (excludes halogenated alkanes) is 5. The van der Waals surface area contributed by atoms with Crippen molar-refractivity contribution in [2.45, 2.75) is 77.2 Å². The van der Waals surface area contributed by atoms with Crippen molar-refractivity contribution < 1.29 is 0 Å². The van der Waals surface area contributed by atoms with Crippen molar-refractivity contribution in [2.24, 2.45) is 0 Å². The van der Waals surface area contributed by atoms with Gasteiger partial charge < -0.3 is 20.0 Å². The Morgan fingerprint density at radius 3 is 2.50 bits per heavy atom. The summed E-state index contributed by atoms with van der Waals surface area (Å²) in [6.07, 6.45) is 14.1. The molecule has 4 heteroatoms. The number of hydrogen-bond acceptors (Lipinski definition) is 4. The summed E-state index contributed by atoms with van der Waals surface area (Å²) in [6, 6.07) is 0.858. The zero-order valence-electron chi connectivity index (χ0n) is 17.9. The van der Waals surface area contributed by atoms with E-state index in [9.17, 15) is 0 Å². The molecule has 2 heterocycles. The fourth-order valence-electron chi connectivity index (χ4n) is 4.59. The number of likely N-dealkylation sites (tertiary alicyclic amines) is 1. The molecule has 1 atom stereocenters. The predicted octanol–water partition coefficient (Wildman–Crippen LogP) is 3.43. The number of rotatable bonds is 10. The highest BCUT2D eigenvalue weighted by Crippen LogP contribution is 2.21. The van der Waals surface area contributed by atoms with Gasteiger partial charge in [-0.05, 0) is 71.9 Å². The Morgan fingerprint density at radius 2 is 1.62 bits per heavy atom. The first-order chi connectivity index (χ1) is 12.8. The summed E-state index contributed by atoms with van der Waals surface area (Å²) >= 11 is 0. The Labute approximate surface area is 163 Å². The lowest BCUT2D eigenvalue weighted by Gasteiger charge is -2.30. The molecular formula is C22H46N4. The molecule has 0 radical (unpaired) electrons. The largest absolute Gasteiger partial charge is 0.314 e. The Morgan fingerprint density at radius 1 is 0.808 bits per heavy atom. The molecule has 154 valence electrons. The summed E-state index contributed by atoms with van der Waals surface area (Å²) < 4.78 is 0. The van der Waals surface area contributed by atoms with Gasteiger partial charge in [-0.3, -0.25) is 0 Å². The highest BCUT2D eigenvalue weighted by molar-refractivity contribution is 4.80. The van der Waals surface area contributed by atoms with Crippen molar-refractivity contribution in [3.05, 3.63) is 0 Å². The van der Waals surface area contributed by atoms with Gasteiger partial charge in [0.1, 0.15) is 0 Å². The molecule has 0 aromatic rings. The Bertz CT molecular complexity index is 336. The molecule has 0 spiro atoms. The van der Waals surface area contributed by atoms with E-state index in [-0.39, 0.29) is 0 Å². The summed E-state index contributed by atoms with van der Waals surface area (Å²) in [5.74, 6) is 0. The lowest BCUT2D eigenvalue weighted by Crippen LogP contribution is -2.41. The zero-order chi connectivity index (χ0) is 18.5. The summed E-state index contributed by atoms with van der Waals surface area (Å²) in [7, 11) is 2.26. The zero-order valence-corrected chi connectivity index (χ0v) is 17.9. The first kappa shape index (κ1) is 22.1. The average molecular weight is 367 g/mol. The molecule has 0 aromatic heterocycles. The van der Waals surface area contributed by atoms with E-state index in [1.807, 2.05) is 0 Å². The molecule has 2 aliphatic rings. The maximum Gasteiger partial charge on any atom is 0.0108 e. The van der Waals surface area contributed by atoms with Gasteiger partial charge in [-0.1, -0.05) is 39.0 Å². The molecule has 1 N–H and O–H groups in total. The van der Waals surface area contributed by atoms with Crippen LogP contribution in [0.25, 0.3) is 0 Å². The number of nitrogens with one attached hydrogen (secondary N) is 1. The highest BCUT2D eigenvalue weighted by atomic mass is 15.2. The molecule has 0 amide bonds. The second kappa shape index (κ2) is 13.9. The quantitative estimate of drug-likeness (QED) is 0.598. The van der Waals surface area contributed by atoms with Gasteiger partial charge in [0, 0.05) is 32.2 Å². The Hall–Kier alpha value is -0.160. The standard InChI is InChI=1S/C22H46N4/c1-3-4-5-6-7-8-17-26-18-9-11-22(26)12-19-25-16-10-15-24(2)20-13-23-14-21-25/h22-23H,3-21H2,1-2H3. The second-order valence-electron chi connectivity index (χ2n) is 8.64. The third kappa shape index (κ3) is 9.16. The number of hydrogen-bond donors (Lipinski definition) is 1. The van der Waals surface area contributed by atoms with E-state index in [1.54, 1.807) is 0 Å². The summed E-state index contributed by atoms with van der Waals surface area (Å²) in [4.78, 5) is 8.00. The van der Waals surface area contributed by atoms with Crippen LogP contribution in [-0.2, 0) is 0 Å². The van der Waals surface area contributed by atoms with Crippen LogP contribution in [0, 0.1) is 0 Å². The third-order valence-corrected chi connectivity index (χ3v) is 6.37. The van der Waals surface area contributed by atoms with Gasteiger partial charge in [0.15, 0.2) is 0 Å². The van der Waals surface area contributed by atoms with Gasteiger partial charge >= 0.3 is 0 Å². The van der Waals surface area contributed by atoms with E-state index in [1.165, 1.54) is 110 Å². The van der Waals surface area contributed by atoms with E-state index in [0.29, 0.717) is 0 Å². The molecule has 0 bridgehead atoms. The van der Waals surface area contributed by atoms with Gasteiger partial charge in [-0.15, -0.1) is 0 Å². The SMILES string of the molecule is CCCCCCCCN1CCCC1CCN1CCCN(C)CCNCC1. The fourth-order valence-corrected chi connectivity index (χ4v) is 4.59. The molecule has 2 rings (SSSR count). The monoisotopic (exact) mass is 366 g/mol. The van der Waals surface area contributed by atoms with Crippen LogP contribution in [0.1, 0.15) is 71.1 Å². The Balaban J connectivity index is 1.62. The van der Waals surface area contributed by atoms with E-state index < -0.39 is 0 Å². The van der Waals surface area contributed by atoms with Crippen LogP contribution in [0.3, 0.4) is 0 Å². The molecule has 2 saturated heterocycles. The molecule has 2 fully saturated rings. The maximum atomic E-state index is 3.61. The van der Waals surface area contributed by atoms with Crippen LogP contribution in [-0.4, -0.2) is 86.7 Å². The van der Waals surface area contributed by atoms with Crippen molar-refractivity contribution in [1.82, 2.24) is 20.0 Å². The summed E-state index contributed by atoms with van der Waals surface area (Å²) in [5, 5.41) is 3.61. The van der Waals surface area contributed by atoms with E-state index in [2.05, 4.69) is 34.0 Å². The van der Waals surface area contributed by atoms with Crippen LogP contribution in [0.5, 0.6) is 0 Å². The smallest absolute Gasteiger partial charge is 0.0108 e. The molecule has 1 unspecified atom stereocenters. The average Bonchev–Trinajstić information content (AvgIpc) is 3.09. The van der Waals surface area contributed by atoms with Gasteiger partial charge in [0.25, 0.3) is 0 Å². The van der Waals surface area contributed by atoms with Gasteiger partial charge in [0.05, 0.1) is 0 Å². The second-order valence-corrected chi connectivity index (χ2v) is 8.64. The van der Waals surface area contributed by atoms with Crippen LogP contribution in [0.2, 0.25) is 0 Å². The first-order valence-electron chi connectivity index (χ1n) is 11.6. The molecule has 26 heavy (non-hydrogen) atoms. The molecule has 2 aliphatic heterocycles. The van der Waals surface area contributed by atoms with Crippen LogP contribution >= 0.6 is 0 Å². The minimum atomic E-state index is 0.858. The molecular weight excluding hydrogens is 320 g/mol. The first-order valence-corrected chi connectivity index (χ1v) is 11.6. The van der Waals surface area contributed by atoms with Crippen molar-refractivity contribution in [3.63, 3.8) is 0 Å². The Kier molecular flexibility index (Phi) is 11.9.